The van der Waals surface area contributed by atoms with Gasteiger partial charge in [-0.15, -0.1) is 12.4 Å². The minimum atomic E-state index is -0.968. The van der Waals surface area contributed by atoms with Crippen LogP contribution in [0.1, 0.15) is 57.6 Å². The van der Waals surface area contributed by atoms with Crippen molar-refractivity contribution in [2.75, 3.05) is 0 Å². The van der Waals surface area contributed by atoms with Gasteiger partial charge in [0.25, 0.3) is 0 Å². The molecule has 0 spiro atoms. The topological polar surface area (TPSA) is 139 Å². The number of hydrogen-bond donors (Lipinski definition) is 4. The van der Waals surface area contributed by atoms with E-state index in [0.29, 0.717) is 12.8 Å². The summed E-state index contributed by atoms with van der Waals surface area (Å²) in [6.07, 6.45) is 3.01. The van der Waals surface area contributed by atoms with Crippen LogP contribution >= 0.6 is 12.4 Å². The van der Waals surface area contributed by atoms with Gasteiger partial charge in [-0.3, -0.25) is 14.4 Å². The summed E-state index contributed by atoms with van der Waals surface area (Å²) >= 11 is 0. The van der Waals surface area contributed by atoms with Gasteiger partial charge in [0.15, 0.2) is 0 Å². The Kier molecular flexibility index (Phi) is 13.7. The minimum absolute atomic E-state index is 0. The molecule has 0 aliphatic carbocycles. The molecular weight excluding hydrogens is 492 g/mol. The molecule has 6 N–H and O–H groups in total. The average Bonchev–Trinajstić information content (AvgIpc) is 2.87. The van der Waals surface area contributed by atoms with E-state index in [1.807, 2.05) is 51.1 Å². The molecule has 0 aromatic heterocycles. The van der Waals surface area contributed by atoms with Gasteiger partial charge in [-0.05, 0) is 35.6 Å². The number of nitrogens with one attached hydrogen (secondary N) is 1. The van der Waals surface area contributed by atoms with E-state index in [0.717, 1.165) is 24.0 Å². The molecule has 0 fully saturated rings. The second kappa shape index (κ2) is 15.9. The van der Waals surface area contributed by atoms with E-state index >= 15 is 0 Å². The van der Waals surface area contributed by atoms with Gasteiger partial charge in [-0.2, -0.15) is 0 Å². The molecule has 0 aliphatic rings. The summed E-state index contributed by atoms with van der Waals surface area (Å²) in [5.74, 6) is -1.51. The fourth-order valence-electron chi connectivity index (χ4n) is 4.16. The molecule has 0 aliphatic heterocycles. The number of phenols is 1. The Hall–Kier alpha value is -3.10. The van der Waals surface area contributed by atoms with E-state index in [-0.39, 0.29) is 37.0 Å². The molecule has 0 saturated heterocycles. The molecule has 0 bridgehead atoms. The fourth-order valence-corrected chi connectivity index (χ4v) is 4.16. The molecule has 37 heavy (non-hydrogen) atoms. The van der Waals surface area contributed by atoms with Crippen LogP contribution in [0.25, 0.3) is 0 Å². The second-order valence-corrected chi connectivity index (χ2v) is 9.36. The van der Waals surface area contributed by atoms with Gasteiger partial charge in [-0.25, -0.2) is 0 Å². The Bertz CT molecular complexity index is 987. The maximum absolute atomic E-state index is 14.1. The van der Waals surface area contributed by atoms with E-state index in [9.17, 15) is 19.5 Å². The highest BCUT2D eigenvalue weighted by Crippen LogP contribution is 2.21. The number of carbonyl (C=O) groups excluding carboxylic acids is 3. The third-order valence-corrected chi connectivity index (χ3v) is 6.49. The predicted molar refractivity (Wildman–Crippen MR) is 148 cm³/mol. The van der Waals surface area contributed by atoms with Gasteiger partial charge in [-0.1, -0.05) is 82.5 Å². The number of hydrogen-bond acceptors (Lipinski definition) is 5. The van der Waals surface area contributed by atoms with E-state index in [1.54, 1.807) is 12.1 Å². The SMILES string of the molecule is CCCC[C@H](N)C(=O)N[C@@H](Cc1ccc(O)cc1)C(=O)N(Cc1ccccc1)[C@H](C(N)=O)[C@@H](C)CC.Cl. The number of primary amides is 1. The summed E-state index contributed by atoms with van der Waals surface area (Å²) in [5, 5.41) is 12.5. The quantitative estimate of drug-likeness (QED) is 0.295. The smallest absolute Gasteiger partial charge is 0.246 e. The number of amides is 3. The molecule has 2 aromatic carbocycles. The first-order valence-electron chi connectivity index (χ1n) is 12.6. The third-order valence-electron chi connectivity index (χ3n) is 6.49. The zero-order valence-corrected chi connectivity index (χ0v) is 22.7. The molecule has 8 nitrogen and oxygen atoms in total. The fraction of sp³-hybridized carbons (Fsp3) is 0.464. The molecule has 9 heteroatoms. The lowest BCUT2D eigenvalue weighted by molar-refractivity contribution is -0.145. The molecule has 3 amide bonds. The number of rotatable bonds is 14. The van der Waals surface area contributed by atoms with Crippen LogP contribution in [-0.2, 0) is 27.3 Å². The zero-order valence-electron chi connectivity index (χ0n) is 21.9. The van der Waals surface area contributed by atoms with Crippen LogP contribution in [0, 0.1) is 5.92 Å². The molecule has 0 unspecified atom stereocenters. The largest absolute Gasteiger partial charge is 0.508 e. The van der Waals surface area contributed by atoms with Crippen LogP contribution in [0.2, 0.25) is 0 Å². The predicted octanol–water partition coefficient (Wildman–Crippen LogP) is 3.29. The van der Waals surface area contributed by atoms with E-state index in [1.165, 1.54) is 17.0 Å². The lowest BCUT2D eigenvalue weighted by atomic mass is 9.94. The van der Waals surface area contributed by atoms with Crippen molar-refractivity contribution in [3.05, 3.63) is 65.7 Å². The summed E-state index contributed by atoms with van der Waals surface area (Å²) in [5.41, 5.74) is 13.5. The molecular formula is C28H41ClN4O4. The Labute approximate surface area is 226 Å². The van der Waals surface area contributed by atoms with Crippen molar-refractivity contribution in [3.63, 3.8) is 0 Å². The van der Waals surface area contributed by atoms with Gasteiger partial charge in [0.2, 0.25) is 17.7 Å². The van der Waals surface area contributed by atoms with Crippen molar-refractivity contribution < 1.29 is 19.5 Å². The van der Waals surface area contributed by atoms with E-state index in [4.69, 9.17) is 11.5 Å². The van der Waals surface area contributed by atoms with Crippen LogP contribution in [0.4, 0.5) is 0 Å². The number of nitrogens with two attached hydrogens (primary N) is 2. The van der Waals surface area contributed by atoms with Gasteiger partial charge in [0, 0.05) is 13.0 Å². The van der Waals surface area contributed by atoms with Crippen molar-refractivity contribution in [1.29, 1.82) is 0 Å². The van der Waals surface area contributed by atoms with Crippen LogP contribution in [0.3, 0.4) is 0 Å². The van der Waals surface area contributed by atoms with Crippen LogP contribution < -0.4 is 16.8 Å². The van der Waals surface area contributed by atoms with Crippen molar-refractivity contribution in [3.8, 4) is 5.75 Å². The Balaban J connectivity index is 0.00000684. The molecule has 204 valence electrons. The van der Waals surface area contributed by atoms with Crippen LogP contribution in [-0.4, -0.2) is 45.9 Å². The highest BCUT2D eigenvalue weighted by Gasteiger charge is 2.36. The maximum Gasteiger partial charge on any atom is 0.246 e. The minimum Gasteiger partial charge on any atom is -0.508 e. The number of halogens is 1. The third kappa shape index (κ3) is 9.70. The van der Waals surface area contributed by atoms with Crippen molar-refractivity contribution in [2.24, 2.45) is 17.4 Å². The summed E-state index contributed by atoms with van der Waals surface area (Å²) in [6, 6.07) is 13.2. The summed E-state index contributed by atoms with van der Waals surface area (Å²) in [6.45, 7) is 6.01. The monoisotopic (exact) mass is 532 g/mol. The van der Waals surface area contributed by atoms with Gasteiger partial charge < -0.3 is 26.8 Å². The highest BCUT2D eigenvalue weighted by atomic mass is 35.5. The first-order chi connectivity index (χ1) is 17.2. The Morgan fingerprint density at radius 3 is 2.16 bits per heavy atom. The molecule has 0 saturated carbocycles. The highest BCUT2D eigenvalue weighted by molar-refractivity contribution is 5.93. The second-order valence-electron chi connectivity index (χ2n) is 9.36. The molecule has 0 heterocycles. The number of unbranched alkanes of at least 4 members (excludes halogenated alkanes) is 1. The summed E-state index contributed by atoms with van der Waals surface area (Å²) in [7, 11) is 0. The van der Waals surface area contributed by atoms with E-state index < -0.39 is 35.8 Å². The van der Waals surface area contributed by atoms with Crippen molar-refractivity contribution in [2.45, 2.75) is 77.5 Å². The van der Waals surface area contributed by atoms with Crippen LogP contribution in [0.15, 0.2) is 54.6 Å². The number of benzene rings is 2. The van der Waals surface area contributed by atoms with E-state index in [2.05, 4.69) is 5.32 Å². The Morgan fingerprint density at radius 2 is 1.62 bits per heavy atom. The van der Waals surface area contributed by atoms with Gasteiger partial charge in [0.05, 0.1) is 6.04 Å². The molecule has 4 atom stereocenters. The summed E-state index contributed by atoms with van der Waals surface area (Å²) < 4.78 is 0. The Morgan fingerprint density at radius 1 is 1.00 bits per heavy atom. The number of phenolic OH excluding ortho intramolecular Hbond substituents is 1. The average molecular weight is 533 g/mol. The van der Waals surface area contributed by atoms with Crippen molar-refractivity contribution >= 4 is 30.1 Å². The molecule has 2 aromatic rings. The van der Waals surface area contributed by atoms with Crippen LogP contribution in [0.5, 0.6) is 5.75 Å². The first kappa shape index (κ1) is 31.9. The lowest BCUT2D eigenvalue weighted by Crippen LogP contribution is -2.58. The maximum atomic E-state index is 14.1. The molecule has 0 radical (unpaired) electrons. The molecule has 2 rings (SSSR count). The normalized spacial score (nSPS) is 13.9. The number of aromatic hydroxyl groups is 1. The van der Waals surface area contributed by atoms with Gasteiger partial charge in [0.1, 0.15) is 17.8 Å². The zero-order chi connectivity index (χ0) is 26.7. The van der Waals surface area contributed by atoms with Gasteiger partial charge >= 0.3 is 0 Å². The first-order valence-corrected chi connectivity index (χ1v) is 12.6. The number of carbonyl (C=O) groups is 3. The standard InChI is InChI=1S/C28H40N4O4.ClH/c1-4-6-12-23(29)27(35)31-24(17-20-13-15-22(33)16-14-20)28(36)32(18-21-10-8-7-9-11-21)25(26(30)34)19(3)5-2;/h7-11,13-16,19,23-25,33H,4-6,12,17-18,29H2,1-3H3,(H2,30,34)(H,31,35);1H/t19-,23-,24-,25-;/m0./s1. The van der Waals surface area contributed by atoms with Crippen molar-refractivity contribution in [1.82, 2.24) is 10.2 Å². The summed E-state index contributed by atoms with van der Waals surface area (Å²) in [4.78, 5) is 41.1. The number of nitrogens with zero attached hydrogens (tertiary/aromatic N) is 1. The lowest BCUT2D eigenvalue weighted by Gasteiger charge is -2.36.